The summed E-state index contributed by atoms with van der Waals surface area (Å²) in [5.74, 6) is 0.316. The standard InChI is InChI=1S/C17H22N4OS2/c22-16-2-4-17(21(16)11-14-10-18-13-24-14)3-1-7-20(8-5-17)12-15-19-6-9-23-15/h6,9-10,13H,1-5,7-8,11-12H2. The molecule has 0 aromatic carbocycles. The molecule has 0 bridgehead atoms. The molecule has 2 aromatic rings. The highest BCUT2D eigenvalue weighted by Gasteiger charge is 2.45. The minimum Gasteiger partial charge on any atom is -0.332 e. The van der Waals surface area contributed by atoms with Gasteiger partial charge in [-0.1, -0.05) is 0 Å². The van der Waals surface area contributed by atoms with Gasteiger partial charge in [0.15, 0.2) is 0 Å². The van der Waals surface area contributed by atoms with Gasteiger partial charge in [0, 0.05) is 41.2 Å². The molecule has 128 valence electrons. The lowest BCUT2D eigenvalue weighted by atomic mass is 9.87. The van der Waals surface area contributed by atoms with Crippen molar-refractivity contribution in [3.63, 3.8) is 0 Å². The molecule has 2 saturated heterocycles. The SMILES string of the molecule is O=C1CCC2(CCCN(Cc3nccs3)CC2)N1Cc1cncs1. The van der Waals surface area contributed by atoms with Gasteiger partial charge in [-0.2, -0.15) is 0 Å². The second-order valence-corrected chi connectivity index (χ2v) is 8.68. The Morgan fingerprint density at radius 1 is 1.17 bits per heavy atom. The number of nitrogens with zero attached hydrogens (tertiary/aromatic N) is 4. The molecule has 7 heteroatoms. The van der Waals surface area contributed by atoms with Gasteiger partial charge in [-0.3, -0.25) is 14.7 Å². The van der Waals surface area contributed by atoms with E-state index in [0.29, 0.717) is 12.3 Å². The maximum Gasteiger partial charge on any atom is 0.223 e. The molecule has 1 amide bonds. The van der Waals surface area contributed by atoms with Gasteiger partial charge >= 0.3 is 0 Å². The van der Waals surface area contributed by atoms with Gasteiger partial charge in [-0.15, -0.1) is 22.7 Å². The van der Waals surface area contributed by atoms with Gasteiger partial charge in [0.2, 0.25) is 5.91 Å². The van der Waals surface area contributed by atoms with Crippen molar-refractivity contribution in [3.8, 4) is 0 Å². The van der Waals surface area contributed by atoms with Crippen LogP contribution in [0, 0.1) is 0 Å². The molecule has 2 fully saturated rings. The van der Waals surface area contributed by atoms with Crippen LogP contribution in [0.2, 0.25) is 0 Å². The molecule has 1 atom stereocenters. The van der Waals surface area contributed by atoms with E-state index in [1.807, 2.05) is 23.3 Å². The zero-order valence-electron chi connectivity index (χ0n) is 13.7. The molecule has 2 aliphatic heterocycles. The van der Waals surface area contributed by atoms with Crippen LogP contribution in [-0.4, -0.2) is 44.3 Å². The summed E-state index contributed by atoms with van der Waals surface area (Å²) in [7, 11) is 0. The third-order valence-corrected chi connectivity index (χ3v) is 6.86. The van der Waals surface area contributed by atoms with Gasteiger partial charge in [-0.25, -0.2) is 4.98 Å². The molecule has 5 nitrogen and oxygen atoms in total. The van der Waals surface area contributed by atoms with Crippen LogP contribution >= 0.6 is 22.7 Å². The maximum absolute atomic E-state index is 12.5. The molecular formula is C17H22N4OS2. The average molecular weight is 363 g/mol. The first-order valence-corrected chi connectivity index (χ1v) is 10.3. The number of likely N-dealkylation sites (tertiary alicyclic amines) is 2. The molecule has 4 heterocycles. The lowest BCUT2D eigenvalue weighted by Crippen LogP contribution is -2.45. The fraction of sp³-hybridized carbons (Fsp3) is 0.588. The zero-order chi connectivity index (χ0) is 16.4. The molecule has 0 aliphatic carbocycles. The van der Waals surface area contributed by atoms with E-state index in [2.05, 4.69) is 19.8 Å². The number of amides is 1. The van der Waals surface area contributed by atoms with Crippen molar-refractivity contribution >= 4 is 28.6 Å². The van der Waals surface area contributed by atoms with Crippen molar-refractivity contribution in [2.75, 3.05) is 13.1 Å². The van der Waals surface area contributed by atoms with Crippen LogP contribution < -0.4 is 0 Å². The van der Waals surface area contributed by atoms with Gasteiger partial charge in [-0.05, 0) is 32.2 Å². The largest absolute Gasteiger partial charge is 0.332 e. The maximum atomic E-state index is 12.5. The molecule has 0 N–H and O–H groups in total. The topological polar surface area (TPSA) is 49.3 Å². The Labute approximate surface area is 150 Å². The van der Waals surface area contributed by atoms with Gasteiger partial charge in [0.05, 0.1) is 18.6 Å². The molecule has 0 radical (unpaired) electrons. The summed E-state index contributed by atoms with van der Waals surface area (Å²) in [6, 6.07) is 0. The third kappa shape index (κ3) is 3.25. The van der Waals surface area contributed by atoms with Crippen LogP contribution in [0.5, 0.6) is 0 Å². The van der Waals surface area contributed by atoms with Gasteiger partial charge in [0.25, 0.3) is 0 Å². The number of hydrogen-bond donors (Lipinski definition) is 0. The minimum atomic E-state index is 0.0543. The van der Waals surface area contributed by atoms with E-state index >= 15 is 0 Å². The summed E-state index contributed by atoms with van der Waals surface area (Å²) in [5, 5.41) is 3.23. The summed E-state index contributed by atoms with van der Waals surface area (Å²) in [6.45, 7) is 3.82. The quantitative estimate of drug-likeness (QED) is 0.838. The summed E-state index contributed by atoms with van der Waals surface area (Å²) in [4.78, 5) is 26.9. The van der Waals surface area contributed by atoms with Crippen molar-refractivity contribution in [3.05, 3.63) is 33.2 Å². The normalized spacial score (nSPS) is 25.5. The van der Waals surface area contributed by atoms with E-state index in [-0.39, 0.29) is 5.54 Å². The Kier molecular flexibility index (Phi) is 4.65. The Balaban J connectivity index is 1.46. The first-order chi connectivity index (χ1) is 11.8. The second-order valence-electron chi connectivity index (χ2n) is 6.73. The van der Waals surface area contributed by atoms with E-state index in [1.54, 1.807) is 22.7 Å². The molecule has 2 aliphatic rings. The monoisotopic (exact) mass is 362 g/mol. The number of rotatable bonds is 4. The van der Waals surface area contributed by atoms with E-state index < -0.39 is 0 Å². The molecule has 1 spiro atoms. The number of carbonyl (C=O) groups is 1. The minimum absolute atomic E-state index is 0.0543. The average Bonchev–Trinajstić information content (AvgIpc) is 3.29. The Morgan fingerprint density at radius 3 is 2.92 bits per heavy atom. The fourth-order valence-electron chi connectivity index (χ4n) is 4.04. The van der Waals surface area contributed by atoms with E-state index in [4.69, 9.17) is 0 Å². The predicted octanol–water partition coefficient (Wildman–Crippen LogP) is 3.15. The predicted molar refractivity (Wildman–Crippen MR) is 95.9 cm³/mol. The lowest BCUT2D eigenvalue weighted by molar-refractivity contribution is -0.132. The van der Waals surface area contributed by atoms with Crippen molar-refractivity contribution < 1.29 is 4.79 Å². The molecule has 0 saturated carbocycles. The van der Waals surface area contributed by atoms with Gasteiger partial charge < -0.3 is 4.90 Å². The van der Waals surface area contributed by atoms with E-state index in [1.165, 1.54) is 9.88 Å². The van der Waals surface area contributed by atoms with Crippen LogP contribution in [0.25, 0.3) is 0 Å². The van der Waals surface area contributed by atoms with Crippen LogP contribution in [0.3, 0.4) is 0 Å². The second kappa shape index (κ2) is 6.90. The molecule has 4 rings (SSSR count). The number of hydrogen-bond acceptors (Lipinski definition) is 6. The van der Waals surface area contributed by atoms with Crippen LogP contribution in [0.1, 0.15) is 42.0 Å². The Bertz CT molecular complexity index is 673. The fourth-order valence-corrected chi connectivity index (χ4v) is 5.28. The molecule has 1 unspecified atom stereocenters. The number of thiazole rings is 2. The first-order valence-electron chi connectivity index (χ1n) is 8.54. The Morgan fingerprint density at radius 2 is 2.12 bits per heavy atom. The highest BCUT2D eigenvalue weighted by atomic mass is 32.1. The molecule has 2 aromatic heterocycles. The molecule has 24 heavy (non-hydrogen) atoms. The summed E-state index contributed by atoms with van der Waals surface area (Å²) < 4.78 is 0. The zero-order valence-corrected chi connectivity index (χ0v) is 15.3. The van der Waals surface area contributed by atoms with Crippen molar-refractivity contribution in [1.29, 1.82) is 0 Å². The van der Waals surface area contributed by atoms with E-state index in [9.17, 15) is 4.79 Å². The smallest absolute Gasteiger partial charge is 0.223 e. The van der Waals surface area contributed by atoms with Crippen molar-refractivity contribution in [1.82, 2.24) is 19.8 Å². The summed E-state index contributed by atoms with van der Waals surface area (Å²) in [5.41, 5.74) is 1.91. The highest BCUT2D eigenvalue weighted by molar-refractivity contribution is 7.09. The van der Waals surface area contributed by atoms with Crippen LogP contribution in [0.4, 0.5) is 0 Å². The number of carbonyl (C=O) groups excluding carboxylic acids is 1. The van der Waals surface area contributed by atoms with Gasteiger partial charge in [0.1, 0.15) is 5.01 Å². The molecular weight excluding hydrogens is 340 g/mol. The van der Waals surface area contributed by atoms with Crippen LogP contribution in [0.15, 0.2) is 23.3 Å². The summed E-state index contributed by atoms with van der Waals surface area (Å²) in [6.07, 6.45) is 8.83. The van der Waals surface area contributed by atoms with Crippen molar-refractivity contribution in [2.45, 2.75) is 50.7 Å². The van der Waals surface area contributed by atoms with Crippen LogP contribution in [-0.2, 0) is 17.9 Å². The third-order valence-electron chi connectivity index (χ3n) is 5.33. The van der Waals surface area contributed by atoms with E-state index in [0.717, 1.165) is 51.9 Å². The summed E-state index contributed by atoms with van der Waals surface area (Å²) >= 11 is 3.37. The highest BCUT2D eigenvalue weighted by Crippen LogP contribution is 2.40. The Hall–Kier alpha value is -1.31. The number of aromatic nitrogens is 2. The first kappa shape index (κ1) is 16.2. The lowest BCUT2D eigenvalue weighted by Gasteiger charge is -2.38. The van der Waals surface area contributed by atoms with Crippen molar-refractivity contribution in [2.24, 2.45) is 0 Å².